The first-order chi connectivity index (χ1) is 21.9. The Morgan fingerprint density at radius 3 is 0.812 bits per heavy atom. The van der Waals surface area contributed by atoms with Crippen molar-refractivity contribution in [3.05, 3.63) is 44.5 Å². The van der Waals surface area contributed by atoms with Gasteiger partial charge in [0, 0.05) is 33.3 Å². The van der Waals surface area contributed by atoms with E-state index in [1.54, 1.807) is 11.1 Å². The SMILES string of the molecule is CC(C)[Si](C#Cc1c(C#C[Si](C)(C)C)c(C#C[Si](C)(C)C)c(C#C[Si](C(C)C)(C(C)C)C(C)C)c(/C=C/Cl)c1/C=C/Cl)(C(C)C)C(C)C. The Bertz CT molecular complexity index is 1430. The van der Waals surface area contributed by atoms with E-state index in [0.29, 0.717) is 33.2 Å². The van der Waals surface area contributed by atoms with Gasteiger partial charge in [0.05, 0.1) is 11.1 Å². The molecule has 0 amide bonds. The normalized spacial score (nSPS) is 12.9. The van der Waals surface area contributed by atoms with Gasteiger partial charge in [0.1, 0.15) is 32.3 Å². The van der Waals surface area contributed by atoms with Crippen LogP contribution in [0.2, 0.25) is 72.5 Å². The smallest absolute Gasteiger partial charge is 0.127 e. The van der Waals surface area contributed by atoms with Gasteiger partial charge in [-0.15, -0.1) is 22.2 Å². The van der Waals surface area contributed by atoms with Crippen molar-refractivity contribution in [2.45, 2.75) is 156 Å². The monoisotopic (exact) mass is 750 g/mol. The lowest BCUT2D eigenvalue weighted by molar-refractivity contribution is 0.838. The van der Waals surface area contributed by atoms with Gasteiger partial charge >= 0.3 is 0 Å². The molecule has 0 radical (unpaired) electrons. The summed E-state index contributed by atoms with van der Waals surface area (Å²) in [6.45, 7) is 41.9. The van der Waals surface area contributed by atoms with E-state index in [1.807, 2.05) is 12.2 Å². The molecule has 0 saturated carbocycles. The van der Waals surface area contributed by atoms with Crippen LogP contribution in [0.15, 0.2) is 11.1 Å². The molecule has 0 saturated heterocycles. The molecule has 0 nitrogen and oxygen atoms in total. The zero-order valence-corrected chi connectivity index (χ0v) is 39.0. The fraction of sp³-hybridized carbons (Fsp3) is 0.571. The molecule has 0 atom stereocenters. The van der Waals surface area contributed by atoms with Crippen LogP contribution in [-0.2, 0) is 0 Å². The maximum Gasteiger partial charge on any atom is 0.146 e. The summed E-state index contributed by atoms with van der Waals surface area (Å²) < 4.78 is 0. The standard InChI is InChI=1S/C42H64Cl2Si4/c1-31(2)47(32(3)4,33(5)6)29-23-41-37(19-25-43)38(20-26-44)42(24-30-48(34(7)8,35(9)10)36(11)12)40(22-28-46(16,17)18)39(41)21-27-45(13,14)15/h19-20,25-26,31-36H,1-18H3/b25-19+,26-20+. The molecule has 0 aromatic heterocycles. The summed E-state index contributed by atoms with van der Waals surface area (Å²) in [4.78, 5) is 0. The van der Waals surface area contributed by atoms with Gasteiger partial charge in [-0.1, -0.05) is 169 Å². The predicted octanol–water partition coefficient (Wildman–Crippen LogP) is 13.7. The lowest BCUT2D eigenvalue weighted by Crippen LogP contribution is -2.43. The van der Waals surface area contributed by atoms with Gasteiger partial charge < -0.3 is 0 Å². The van der Waals surface area contributed by atoms with Crippen LogP contribution in [-0.4, -0.2) is 32.3 Å². The minimum atomic E-state index is -2.09. The van der Waals surface area contributed by atoms with E-state index in [0.717, 1.165) is 33.4 Å². The molecule has 0 fully saturated rings. The van der Waals surface area contributed by atoms with Gasteiger partial charge in [-0.2, -0.15) is 0 Å². The van der Waals surface area contributed by atoms with Gasteiger partial charge in [0.2, 0.25) is 0 Å². The van der Waals surface area contributed by atoms with Crippen LogP contribution in [0, 0.1) is 45.9 Å². The summed E-state index contributed by atoms with van der Waals surface area (Å²) in [6, 6.07) is 0. The second-order valence-corrected chi connectivity index (χ2v) is 38.4. The summed E-state index contributed by atoms with van der Waals surface area (Å²) in [6.07, 6.45) is 3.92. The third-order valence-electron chi connectivity index (χ3n) is 9.70. The van der Waals surface area contributed by atoms with Crippen molar-refractivity contribution in [3.8, 4) is 45.9 Å². The molecule has 0 aliphatic heterocycles. The summed E-state index contributed by atoms with van der Waals surface area (Å²) in [5.74, 6) is 15.0. The Balaban J connectivity index is 5.02. The van der Waals surface area contributed by atoms with Crippen molar-refractivity contribution in [1.82, 2.24) is 0 Å². The fourth-order valence-corrected chi connectivity index (χ4v) is 19.1. The van der Waals surface area contributed by atoms with Gasteiger partial charge in [0.25, 0.3) is 0 Å². The lowest BCUT2D eigenvalue weighted by atomic mass is 9.87. The molecule has 48 heavy (non-hydrogen) atoms. The van der Waals surface area contributed by atoms with Crippen molar-refractivity contribution in [3.63, 3.8) is 0 Å². The fourth-order valence-electron chi connectivity index (χ4n) is 7.48. The molecule has 1 rings (SSSR count). The van der Waals surface area contributed by atoms with Crippen LogP contribution in [0.4, 0.5) is 0 Å². The van der Waals surface area contributed by atoms with Crippen LogP contribution in [0.5, 0.6) is 0 Å². The van der Waals surface area contributed by atoms with E-state index >= 15 is 0 Å². The number of hydrogen-bond acceptors (Lipinski definition) is 0. The van der Waals surface area contributed by atoms with E-state index in [9.17, 15) is 0 Å². The molecule has 1 aromatic rings. The molecule has 0 N–H and O–H groups in total. The van der Waals surface area contributed by atoms with Crippen molar-refractivity contribution in [2.24, 2.45) is 0 Å². The second-order valence-electron chi connectivity index (χ2n) is 17.2. The summed E-state index contributed by atoms with van der Waals surface area (Å²) in [5.41, 5.74) is 26.9. The minimum Gasteiger partial charge on any atom is -0.127 e. The number of rotatable bonds is 8. The highest BCUT2D eigenvalue weighted by atomic mass is 35.5. The molecule has 0 aliphatic carbocycles. The maximum atomic E-state index is 6.45. The molecule has 1 aromatic carbocycles. The average molecular weight is 752 g/mol. The van der Waals surface area contributed by atoms with E-state index in [1.165, 1.54) is 0 Å². The Labute approximate surface area is 311 Å². The number of halogens is 2. The number of benzene rings is 1. The third kappa shape index (κ3) is 10.7. The minimum absolute atomic E-state index is 0.494. The Kier molecular flexibility index (Phi) is 16.7. The highest BCUT2D eigenvalue weighted by molar-refractivity contribution is 6.91. The van der Waals surface area contributed by atoms with Gasteiger partial charge in [-0.3, -0.25) is 0 Å². The Morgan fingerprint density at radius 2 is 0.625 bits per heavy atom. The van der Waals surface area contributed by atoms with Crippen molar-refractivity contribution < 1.29 is 0 Å². The van der Waals surface area contributed by atoms with Crippen molar-refractivity contribution >= 4 is 67.6 Å². The largest absolute Gasteiger partial charge is 0.146 e. The van der Waals surface area contributed by atoms with Gasteiger partial charge in [0.15, 0.2) is 0 Å². The molecule has 262 valence electrons. The molecule has 0 aliphatic rings. The average Bonchev–Trinajstić information content (AvgIpc) is 2.92. The van der Waals surface area contributed by atoms with E-state index in [2.05, 4.69) is 168 Å². The first-order valence-corrected chi connectivity index (χ1v) is 30.2. The molecular formula is C42H64Cl2Si4. The Hall–Kier alpha value is -1.61. The summed E-state index contributed by atoms with van der Waals surface area (Å²) >= 11 is 12.9. The zero-order chi connectivity index (χ0) is 37.4. The lowest BCUT2D eigenvalue weighted by Gasteiger charge is -2.38. The van der Waals surface area contributed by atoms with E-state index < -0.39 is 32.3 Å². The topological polar surface area (TPSA) is 0 Å². The Morgan fingerprint density at radius 1 is 0.396 bits per heavy atom. The van der Waals surface area contributed by atoms with Crippen LogP contribution in [0.3, 0.4) is 0 Å². The van der Waals surface area contributed by atoms with Crippen LogP contribution >= 0.6 is 23.2 Å². The summed E-state index contributed by atoms with van der Waals surface area (Å²) in [5, 5.41) is 0. The van der Waals surface area contributed by atoms with Gasteiger partial charge in [-0.05, 0) is 45.4 Å². The molecule has 0 spiro atoms. The molecular weight excluding hydrogens is 688 g/mol. The second kappa shape index (κ2) is 18.0. The molecule has 0 heterocycles. The van der Waals surface area contributed by atoms with Crippen molar-refractivity contribution in [1.29, 1.82) is 0 Å². The van der Waals surface area contributed by atoms with E-state index in [4.69, 9.17) is 23.2 Å². The van der Waals surface area contributed by atoms with Gasteiger partial charge in [-0.25, -0.2) is 0 Å². The number of hydrogen-bond donors (Lipinski definition) is 0. The highest BCUT2D eigenvalue weighted by Crippen LogP contribution is 2.42. The first kappa shape index (κ1) is 44.4. The molecule has 0 unspecified atom stereocenters. The maximum absolute atomic E-state index is 6.45. The van der Waals surface area contributed by atoms with Crippen molar-refractivity contribution in [2.75, 3.05) is 0 Å². The quantitative estimate of drug-likeness (QED) is 0.183. The molecule has 0 bridgehead atoms. The zero-order valence-electron chi connectivity index (χ0n) is 33.5. The first-order valence-electron chi connectivity index (χ1n) is 17.8. The highest BCUT2D eigenvalue weighted by Gasteiger charge is 2.43. The summed E-state index contributed by atoms with van der Waals surface area (Å²) in [7, 11) is -7.74. The van der Waals surface area contributed by atoms with Crippen LogP contribution < -0.4 is 0 Å². The van der Waals surface area contributed by atoms with Crippen LogP contribution in [0.25, 0.3) is 12.2 Å². The molecule has 6 heteroatoms. The third-order valence-corrected chi connectivity index (χ3v) is 24.3. The van der Waals surface area contributed by atoms with Crippen LogP contribution in [0.1, 0.15) is 116 Å². The predicted molar refractivity (Wildman–Crippen MR) is 233 cm³/mol. The van der Waals surface area contributed by atoms with E-state index in [-0.39, 0.29) is 0 Å².